The van der Waals surface area contributed by atoms with Crippen LogP contribution in [0.2, 0.25) is 0 Å². The number of hydrogen-bond donors (Lipinski definition) is 2. The van der Waals surface area contributed by atoms with Crippen molar-refractivity contribution in [3.05, 3.63) is 48.0 Å². The molecule has 4 rings (SSSR count). The van der Waals surface area contributed by atoms with Gasteiger partial charge in [-0.25, -0.2) is 4.98 Å². The first-order valence-corrected chi connectivity index (χ1v) is 10.9. The Bertz CT molecular complexity index is 982. The van der Waals surface area contributed by atoms with Crippen molar-refractivity contribution in [3.8, 4) is 0 Å². The molecule has 1 aliphatic rings. The summed E-state index contributed by atoms with van der Waals surface area (Å²) in [6.45, 7) is 10.00. The number of fused-ring (bicyclic) bond motifs is 1. The smallest absolute Gasteiger partial charge is 0.227 e. The van der Waals surface area contributed by atoms with Gasteiger partial charge in [-0.15, -0.1) is 0 Å². The van der Waals surface area contributed by atoms with Crippen molar-refractivity contribution in [1.29, 1.82) is 0 Å². The highest BCUT2D eigenvalue weighted by molar-refractivity contribution is 5.93. The number of carbonyl (C=O) groups excluding carboxylic acids is 1. The number of nitrogens with one attached hydrogen (secondary N) is 2. The van der Waals surface area contributed by atoms with E-state index in [4.69, 9.17) is 0 Å². The highest BCUT2D eigenvalue weighted by atomic mass is 16.1. The van der Waals surface area contributed by atoms with Crippen LogP contribution in [-0.2, 0) is 4.79 Å². The maximum absolute atomic E-state index is 12.9. The third-order valence-electron chi connectivity index (χ3n) is 6.14. The Morgan fingerprint density at radius 1 is 1.17 bits per heavy atom. The number of piperidine rings is 1. The standard InChI is InChI=1S/C24H31N5O/c1-4-28(5-2)19-10-11-20(17(3)16-19)25-23(30)18-12-14-29(15-13-18)24-26-21-8-6-7-9-22(21)27-24/h6-11,16,18H,4-5,12-15H2,1-3H3,(H,25,30)(H,26,27). The number of anilines is 3. The lowest BCUT2D eigenvalue weighted by atomic mass is 9.96. The maximum Gasteiger partial charge on any atom is 0.227 e. The van der Waals surface area contributed by atoms with Crippen LogP contribution in [0.3, 0.4) is 0 Å². The minimum Gasteiger partial charge on any atom is -0.372 e. The lowest BCUT2D eigenvalue weighted by Crippen LogP contribution is -2.38. The zero-order chi connectivity index (χ0) is 21.1. The number of aromatic nitrogens is 2. The SMILES string of the molecule is CCN(CC)c1ccc(NC(=O)C2CCN(c3nc4ccccc4[nH]3)CC2)c(C)c1. The van der Waals surface area contributed by atoms with Gasteiger partial charge >= 0.3 is 0 Å². The molecule has 1 aliphatic heterocycles. The summed E-state index contributed by atoms with van der Waals surface area (Å²) in [5, 5.41) is 3.16. The largest absolute Gasteiger partial charge is 0.372 e. The second-order valence-electron chi connectivity index (χ2n) is 8.00. The molecule has 158 valence electrons. The molecule has 0 aliphatic carbocycles. The van der Waals surface area contributed by atoms with Crippen LogP contribution in [0, 0.1) is 12.8 Å². The molecule has 3 aromatic rings. The number of hydrogen-bond acceptors (Lipinski definition) is 4. The molecule has 0 saturated carbocycles. The predicted molar refractivity (Wildman–Crippen MR) is 124 cm³/mol. The number of aryl methyl sites for hydroxylation is 1. The summed E-state index contributed by atoms with van der Waals surface area (Å²) < 4.78 is 0. The summed E-state index contributed by atoms with van der Waals surface area (Å²) in [5.41, 5.74) is 5.25. The van der Waals surface area contributed by atoms with Gasteiger partial charge in [0.15, 0.2) is 0 Å². The molecule has 1 aromatic heterocycles. The zero-order valence-electron chi connectivity index (χ0n) is 18.1. The van der Waals surface area contributed by atoms with Crippen LogP contribution >= 0.6 is 0 Å². The molecule has 2 N–H and O–H groups in total. The molecule has 0 radical (unpaired) electrons. The highest BCUT2D eigenvalue weighted by Crippen LogP contribution is 2.27. The van der Waals surface area contributed by atoms with E-state index in [9.17, 15) is 4.79 Å². The molecule has 1 amide bonds. The van der Waals surface area contributed by atoms with Gasteiger partial charge in [0.05, 0.1) is 11.0 Å². The van der Waals surface area contributed by atoms with Crippen LogP contribution in [0.5, 0.6) is 0 Å². The number of carbonyl (C=O) groups is 1. The normalized spacial score (nSPS) is 14.8. The fourth-order valence-electron chi connectivity index (χ4n) is 4.25. The van der Waals surface area contributed by atoms with Crippen LogP contribution < -0.4 is 15.1 Å². The Morgan fingerprint density at radius 3 is 2.57 bits per heavy atom. The Morgan fingerprint density at radius 2 is 1.90 bits per heavy atom. The topological polar surface area (TPSA) is 64.3 Å². The molecule has 6 nitrogen and oxygen atoms in total. The molecular weight excluding hydrogens is 374 g/mol. The first-order valence-electron chi connectivity index (χ1n) is 10.9. The van der Waals surface area contributed by atoms with E-state index >= 15 is 0 Å². The number of H-pyrrole nitrogens is 1. The number of aromatic amines is 1. The summed E-state index contributed by atoms with van der Waals surface area (Å²) in [5.74, 6) is 1.06. The number of amides is 1. The van der Waals surface area contributed by atoms with E-state index in [0.29, 0.717) is 0 Å². The number of imidazole rings is 1. The maximum atomic E-state index is 12.9. The van der Waals surface area contributed by atoms with Gasteiger partial charge in [-0.05, 0) is 69.5 Å². The Kier molecular flexibility index (Phi) is 5.93. The average Bonchev–Trinajstić information content (AvgIpc) is 3.21. The van der Waals surface area contributed by atoms with Gasteiger partial charge in [-0.2, -0.15) is 0 Å². The molecule has 2 heterocycles. The number of para-hydroxylation sites is 2. The highest BCUT2D eigenvalue weighted by Gasteiger charge is 2.26. The van der Waals surface area contributed by atoms with E-state index in [-0.39, 0.29) is 11.8 Å². The third-order valence-corrected chi connectivity index (χ3v) is 6.14. The molecule has 30 heavy (non-hydrogen) atoms. The van der Waals surface area contributed by atoms with Crippen LogP contribution in [0.4, 0.5) is 17.3 Å². The Labute approximate surface area is 178 Å². The molecular formula is C24H31N5O. The fraction of sp³-hybridized carbons (Fsp3) is 0.417. The van der Waals surface area contributed by atoms with Crippen molar-refractivity contribution < 1.29 is 4.79 Å². The van der Waals surface area contributed by atoms with E-state index in [1.54, 1.807) is 0 Å². The van der Waals surface area contributed by atoms with E-state index in [1.165, 1.54) is 5.69 Å². The van der Waals surface area contributed by atoms with Crippen LogP contribution in [0.25, 0.3) is 11.0 Å². The summed E-state index contributed by atoms with van der Waals surface area (Å²) in [4.78, 5) is 25.5. The van der Waals surface area contributed by atoms with Gasteiger partial charge in [0.1, 0.15) is 0 Å². The van der Waals surface area contributed by atoms with Gasteiger partial charge < -0.3 is 20.1 Å². The van der Waals surface area contributed by atoms with Crippen LogP contribution in [0.1, 0.15) is 32.3 Å². The molecule has 0 bridgehead atoms. The van der Waals surface area contributed by atoms with E-state index in [2.05, 4.69) is 58.0 Å². The fourth-order valence-corrected chi connectivity index (χ4v) is 4.25. The third kappa shape index (κ3) is 4.13. The number of benzene rings is 2. The molecule has 1 fully saturated rings. The zero-order valence-corrected chi connectivity index (χ0v) is 18.1. The minimum absolute atomic E-state index is 0.0347. The Hall–Kier alpha value is -3.02. The van der Waals surface area contributed by atoms with Crippen molar-refractivity contribution in [2.24, 2.45) is 5.92 Å². The lowest BCUT2D eigenvalue weighted by Gasteiger charge is -2.31. The summed E-state index contributed by atoms with van der Waals surface area (Å²) in [7, 11) is 0. The van der Waals surface area contributed by atoms with E-state index in [1.807, 2.05) is 30.3 Å². The van der Waals surface area contributed by atoms with Gasteiger partial charge in [0, 0.05) is 43.5 Å². The first-order chi connectivity index (χ1) is 14.6. The second-order valence-corrected chi connectivity index (χ2v) is 8.00. The van der Waals surface area contributed by atoms with Crippen molar-refractivity contribution >= 4 is 34.3 Å². The summed E-state index contributed by atoms with van der Waals surface area (Å²) >= 11 is 0. The quantitative estimate of drug-likeness (QED) is 0.630. The van der Waals surface area contributed by atoms with Crippen molar-refractivity contribution in [1.82, 2.24) is 9.97 Å². The summed E-state index contributed by atoms with van der Waals surface area (Å²) in [6, 6.07) is 14.4. The van der Waals surface area contributed by atoms with Gasteiger partial charge in [-0.3, -0.25) is 4.79 Å². The van der Waals surface area contributed by atoms with Crippen molar-refractivity contribution in [3.63, 3.8) is 0 Å². The number of nitrogens with zero attached hydrogens (tertiary/aromatic N) is 3. The first kappa shape index (κ1) is 20.3. The van der Waals surface area contributed by atoms with Gasteiger partial charge in [0.2, 0.25) is 11.9 Å². The van der Waals surface area contributed by atoms with E-state index in [0.717, 1.165) is 67.3 Å². The minimum atomic E-state index is 0.0347. The lowest BCUT2D eigenvalue weighted by molar-refractivity contribution is -0.120. The van der Waals surface area contributed by atoms with Crippen LogP contribution in [0.15, 0.2) is 42.5 Å². The van der Waals surface area contributed by atoms with Crippen molar-refractivity contribution in [2.75, 3.05) is 41.3 Å². The van der Waals surface area contributed by atoms with Gasteiger partial charge in [0.25, 0.3) is 0 Å². The Balaban J connectivity index is 1.36. The molecule has 6 heteroatoms. The van der Waals surface area contributed by atoms with Gasteiger partial charge in [-0.1, -0.05) is 12.1 Å². The second kappa shape index (κ2) is 8.78. The van der Waals surface area contributed by atoms with E-state index < -0.39 is 0 Å². The van der Waals surface area contributed by atoms with Crippen molar-refractivity contribution in [2.45, 2.75) is 33.6 Å². The molecule has 2 aromatic carbocycles. The molecule has 0 atom stereocenters. The average molecular weight is 406 g/mol. The molecule has 1 saturated heterocycles. The number of rotatable bonds is 6. The molecule has 0 unspecified atom stereocenters. The van der Waals surface area contributed by atoms with Crippen LogP contribution in [-0.4, -0.2) is 42.1 Å². The molecule has 0 spiro atoms. The monoisotopic (exact) mass is 405 g/mol. The predicted octanol–water partition coefficient (Wildman–Crippen LogP) is 4.57. The summed E-state index contributed by atoms with van der Waals surface area (Å²) in [6.07, 6.45) is 1.67.